The lowest BCUT2D eigenvalue weighted by molar-refractivity contribution is -0.144. The summed E-state index contributed by atoms with van der Waals surface area (Å²) in [7, 11) is 0. The maximum absolute atomic E-state index is 11.5. The van der Waals surface area contributed by atoms with Crippen molar-refractivity contribution in [3.8, 4) is 0 Å². The van der Waals surface area contributed by atoms with Gasteiger partial charge in [0.05, 0.1) is 13.2 Å². The third kappa shape index (κ3) is 9.33. The smallest absolute Gasteiger partial charge is 0.410 e. The zero-order chi connectivity index (χ0) is 14.5. The van der Waals surface area contributed by atoms with E-state index < -0.39 is 6.09 Å². The third-order valence-electron chi connectivity index (χ3n) is 2.74. The van der Waals surface area contributed by atoms with E-state index in [1.807, 2.05) is 0 Å². The number of nitrogens with zero attached hydrogens (tertiary/aromatic N) is 1. The van der Waals surface area contributed by atoms with Crippen LogP contribution in [0.1, 0.15) is 52.9 Å². The number of hydrogen-bond donors (Lipinski definition) is 0. The van der Waals surface area contributed by atoms with Gasteiger partial charge in [0.1, 0.15) is 6.54 Å². The van der Waals surface area contributed by atoms with Crippen molar-refractivity contribution >= 4 is 12.1 Å². The number of hydrogen-bond acceptors (Lipinski definition) is 4. The van der Waals surface area contributed by atoms with Gasteiger partial charge in [-0.1, -0.05) is 32.6 Å². The van der Waals surface area contributed by atoms with Crippen LogP contribution in [0, 0.1) is 0 Å². The zero-order valence-electron chi connectivity index (χ0n) is 12.4. The van der Waals surface area contributed by atoms with E-state index in [9.17, 15) is 9.59 Å². The van der Waals surface area contributed by atoms with E-state index >= 15 is 0 Å². The number of likely N-dealkylation sites (N-methyl/N-ethyl adjacent to an activating group) is 1. The van der Waals surface area contributed by atoms with Crippen LogP contribution in [0.4, 0.5) is 4.79 Å². The van der Waals surface area contributed by atoms with Gasteiger partial charge < -0.3 is 9.47 Å². The van der Waals surface area contributed by atoms with Crippen LogP contribution in [0.15, 0.2) is 0 Å². The summed E-state index contributed by atoms with van der Waals surface area (Å²) in [5, 5.41) is 0. The number of carbonyl (C=O) groups excluding carboxylic acids is 2. The standard InChI is InChI=1S/C14H27NO4/c1-4-7-8-9-10-11-19-13(16)12-15(5-2)14(17)18-6-3/h4-12H2,1-3H3. The molecule has 0 fully saturated rings. The first-order valence-corrected chi connectivity index (χ1v) is 7.22. The van der Waals surface area contributed by atoms with Crippen LogP contribution in [0.2, 0.25) is 0 Å². The lowest BCUT2D eigenvalue weighted by Crippen LogP contribution is -2.36. The third-order valence-corrected chi connectivity index (χ3v) is 2.74. The maximum Gasteiger partial charge on any atom is 0.410 e. The highest BCUT2D eigenvalue weighted by atomic mass is 16.6. The minimum atomic E-state index is -0.468. The molecule has 0 atom stereocenters. The van der Waals surface area contributed by atoms with E-state index in [1.54, 1.807) is 13.8 Å². The quantitative estimate of drug-likeness (QED) is 0.453. The number of carbonyl (C=O) groups is 2. The molecule has 0 saturated heterocycles. The van der Waals surface area contributed by atoms with Gasteiger partial charge in [0, 0.05) is 6.54 Å². The highest BCUT2D eigenvalue weighted by Crippen LogP contribution is 2.03. The topological polar surface area (TPSA) is 55.8 Å². The number of ether oxygens (including phenoxy) is 2. The molecule has 5 nitrogen and oxygen atoms in total. The Balaban J connectivity index is 3.73. The summed E-state index contributed by atoms with van der Waals surface area (Å²) in [6.45, 7) is 6.84. The summed E-state index contributed by atoms with van der Waals surface area (Å²) in [5.41, 5.74) is 0. The van der Waals surface area contributed by atoms with Gasteiger partial charge in [-0.3, -0.25) is 9.69 Å². The normalized spacial score (nSPS) is 10.1. The van der Waals surface area contributed by atoms with E-state index in [0.717, 1.165) is 12.8 Å². The Morgan fingerprint density at radius 1 is 0.947 bits per heavy atom. The number of amides is 1. The fraction of sp³-hybridized carbons (Fsp3) is 0.857. The molecule has 0 radical (unpaired) electrons. The summed E-state index contributed by atoms with van der Waals surface area (Å²) in [6.07, 6.45) is 5.10. The lowest BCUT2D eigenvalue weighted by atomic mass is 10.2. The monoisotopic (exact) mass is 273 g/mol. The minimum Gasteiger partial charge on any atom is -0.464 e. The van der Waals surface area contributed by atoms with Crippen molar-refractivity contribution in [3.05, 3.63) is 0 Å². The van der Waals surface area contributed by atoms with E-state index in [-0.39, 0.29) is 12.5 Å². The highest BCUT2D eigenvalue weighted by Gasteiger charge is 2.16. The average molecular weight is 273 g/mol. The van der Waals surface area contributed by atoms with Crippen molar-refractivity contribution in [2.24, 2.45) is 0 Å². The van der Waals surface area contributed by atoms with Gasteiger partial charge in [0.15, 0.2) is 0 Å². The average Bonchev–Trinajstić information content (AvgIpc) is 2.40. The second kappa shape index (κ2) is 11.8. The van der Waals surface area contributed by atoms with Crippen molar-refractivity contribution in [2.45, 2.75) is 52.9 Å². The molecule has 0 bridgehead atoms. The first-order chi connectivity index (χ1) is 9.15. The van der Waals surface area contributed by atoms with Gasteiger partial charge >= 0.3 is 12.1 Å². The molecular formula is C14H27NO4. The Kier molecular flexibility index (Phi) is 11.0. The van der Waals surface area contributed by atoms with Gasteiger partial charge in [-0.2, -0.15) is 0 Å². The maximum atomic E-state index is 11.5. The van der Waals surface area contributed by atoms with Crippen molar-refractivity contribution in [1.82, 2.24) is 4.90 Å². The molecule has 0 spiro atoms. The molecule has 0 aliphatic rings. The second-order valence-electron chi connectivity index (χ2n) is 4.35. The van der Waals surface area contributed by atoms with Gasteiger partial charge in [0.25, 0.3) is 0 Å². The molecule has 0 unspecified atom stereocenters. The van der Waals surface area contributed by atoms with Crippen LogP contribution >= 0.6 is 0 Å². The van der Waals surface area contributed by atoms with Crippen LogP contribution in [0.3, 0.4) is 0 Å². The summed E-state index contributed by atoms with van der Waals surface area (Å²) < 4.78 is 9.94. The van der Waals surface area contributed by atoms with Crippen molar-refractivity contribution in [3.63, 3.8) is 0 Å². The molecule has 0 aliphatic heterocycles. The van der Waals surface area contributed by atoms with Gasteiger partial charge in [-0.05, 0) is 20.3 Å². The molecule has 0 aromatic carbocycles. The van der Waals surface area contributed by atoms with E-state index in [1.165, 1.54) is 24.2 Å². The van der Waals surface area contributed by atoms with E-state index in [2.05, 4.69) is 6.92 Å². The van der Waals surface area contributed by atoms with Crippen LogP contribution in [-0.4, -0.2) is 43.3 Å². The van der Waals surface area contributed by atoms with Crippen LogP contribution in [-0.2, 0) is 14.3 Å². The van der Waals surface area contributed by atoms with Crippen LogP contribution in [0.5, 0.6) is 0 Å². The molecule has 112 valence electrons. The Morgan fingerprint density at radius 3 is 2.21 bits per heavy atom. The summed E-state index contributed by atoms with van der Waals surface area (Å²) >= 11 is 0. The van der Waals surface area contributed by atoms with Crippen molar-refractivity contribution in [1.29, 1.82) is 0 Å². The predicted molar refractivity (Wildman–Crippen MR) is 74.0 cm³/mol. The number of rotatable bonds is 10. The zero-order valence-corrected chi connectivity index (χ0v) is 12.4. The summed E-state index contributed by atoms with van der Waals surface area (Å²) in [6, 6.07) is 0. The van der Waals surface area contributed by atoms with E-state index in [4.69, 9.17) is 9.47 Å². The molecule has 0 N–H and O–H groups in total. The summed E-state index contributed by atoms with van der Waals surface area (Å²) in [4.78, 5) is 24.3. The Labute approximate surface area is 116 Å². The predicted octanol–water partition coefficient (Wildman–Crippen LogP) is 2.98. The Hall–Kier alpha value is -1.26. The molecule has 0 saturated carbocycles. The molecule has 0 aromatic rings. The number of unbranched alkanes of at least 4 members (excludes halogenated alkanes) is 4. The molecule has 19 heavy (non-hydrogen) atoms. The highest BCUT2D eigenvalue weighted by molar-refractivity contribution is 5.78. The fourth-order valence-corrected chi connectivity index (χ4v) is 1.61. The van der Waals surface area contributed by atoms with Crippen LogP contribution < -0.4 is 0 Å². The molecule has 0 aliphatic carbocycles. The fourth-order valence-electron chi connectivity index (χ4n) is 1.61. The van der Waals surface area contributed by atoms with Crippen molar-refractivity contribution < 1.29 is 19.1 Å². The molecule has 5 heteroatoms. The lowest BCUT2D eigenvalue weighted by Gasteiger charge is -2.18. The van der Waals surface area contributed by atoms with Crippen molar-refractivity contribution in [2.75, 3.05) is 26.3 Å². The SMILES string of the molecule is CCCCCCCOC(=O)CN(CC)C(=O)OCC. The Bertz CT molecular complexity index is 256. The Morgan fingerprint density at radius 2 is 1.63 bits per heavy atom. The molecular weight excluding hydrogens is 246 g/mol. The second-order valence-corrected chi connectivity index (χ2v) is 4.35. The molecule has 0 heterocycles. The molecule has 1 amide bonds. The van der Waals surface area contributed by atoms with Gasteiger partial charge in [-0.15, -0.1) is 0 Å². The van der Waals surface area contributed by atoms with Crippen LogP contribution in [0.25, 0.3) is 0 Å². The van der Waals surface area contributed by atoms with E-state index in [0.29, 0.717) is 19.8 Å². The first-order valence-electron chi connectivity index (χ1n) is 7.22. The van der Waals surface area contributed by atoms with Gasteiger partial charge in [0.2, 0.25) is 0 Å². The largest absolute Gasteiger partial charge is 0.464 e. The number of esters is 1. The summed E-state index contributed by atoms with van der Waals surface area (Å²) in [5.74, 6) is -0.370. The molecule has 0 aromatic heterocycles. The first kappa shape index (κ1) is 17.7. The van der Waals surface area contributed by atoms with Gasteiger partial charge in [-0.25, -0.2) is 4.79 Å². The molecule has 0 rings (SSSR count). The minimum absolute atomic E-state index is 0.0374.